The number of nitrogens with zero attached hydrogens (tertiary/aromatic N) is 2. The van der Waals surface area contributed by atoms with Crippen molar-refractivity contribution in [2.24, 2.45) is 11.8 Å². The Hall–Kier alpha value is -1.54. The van der Waals surface area contributed by atoms with Gasteiger partial charge in [0.15, 0.2) is 11.5 Å². The smallest absolute Gasteiger partial charge is 0.273 e. The SMILES string of the molecule is CO[C@H]1C[C@@H]2CN(Cc3ccc(Cl)s3)C[C@@H]2C[C@@H]1NC(=O)c1ncccc1F. The number of aromatic nitrogens is 1. The molecule has 1 N–H and O–H groups in total. The standard InChI is InChI=1S/C20H23ClFN3O2S/c1-27-17-8-13-10-25(11-14-4-5-18(21)28-14)9-12(13)7-16(17)24-20(26)19-15(22)3-2-6-23-19/h2-6,12-13,16-17H,7-11H2,1H3,(H,24,26)/t12-,13+,16-,17-/m0/s1. The van der Waals surface area contributed by atoms with E-state index in [0.717, 1.165) is 36.8 Å². The van der Waals surface area contributed by atoms with Crippen LogP contribution in [-0.2, 0) is 11.3 Å². The van der Waals surface area contributed by atoms with E-state index < -0.39 is 11.7 Å². The third-order valence-electron chi connectivity index (χ3n) is 5.79. The minimum absolute atomic E-state index is 0.0758. The van der Waals surface area contributed by atoms with Crippen LogP contribution in [0.2, 0.25) is 4.34 Å². The number of hydrogen-bond acceptors (Lipinski definition) is 5. The van der Waals surface area contributed by atoms with Gasteiger partial charge in [-0.3, -0.25) is 9.69 Å². The van der Waals surface area contributed by atoms with Crippen molar-refractivity contribution < 1.29 is 13.9 Å². The number of hydrogen-bond donors (Lipinski definition) is 1. The van der Waals surface area contributed by atoms with Crippen LogP contribution >= 0.6 is 22.9 Å². The molecule has 1 aliphatic heterocycles. The number of methoxy groups -OCH3 is 1. The minimum atomic E-state index is -0.607. The molecule has 8 heteroatoms. The number of pyridine rings is 1. The first-order valence-corrected chi connectivity index (χ1v) is 10.6. The lowest BCUT2D eigenvalue weighted by Crippen LogP contribution is -2.50. The molecule has 3 heterocycles. The minimum Gasteiger partial charge on any atom is -0.379 e. The Kier molecular flexibility index (Phi) is 5.96. The van der Waals surface area contributed by atoms with Gasteiger partial charge in [0.05, 0.1) is 16.5 Å². The van der Waals surface area contributed by atoms with E-state index >= 15 is 0 Å². The highest BCUT2D eigenvalue weighted by Gasteiger charge is 2.43. The van der Waals surface area contributed by atoms with E-state index in [1.807, 2.05) is 6.07 Å². The molecule has 0 bridgehead atoms. The molecule has 4 atom stereocenters. The van der Waals surface area contributed by atoms with Gasteiger partial charge < -0.3 is 10.1 Å². The summed E-state index contributed by atoms with van der Waals surface area (Å²) in [6.45, 7) is 2.91. The number of halogens is 2. The van der Waals surface area contributed by atoms with Gasteiger partial charge in [-0.25, -0.2) is 9.37 Å². The fraction of sp³-hybridized carbons (Fsp3) is 0.500. The molecule has 4 rings (SSSR count). The Morgan fingerprint density at radius 1 is 1.36 bits per heavy atom. The molecule has 1 amide bonds. The van der Waals surface area contributed by atoms with Gasteiger partial charge in [-0.15, -0.1) is 11.3 Å². The van der Waals surface area contributed by atoms with Crippen molar-refractivity contribution in [3.05, 3.63) is 51.2 Å². The van der Waals surface area contributed by atoms with Crippen molar-refractivity contribution in [3.8, 4) is 0 Å². The molecule has 2 aromatic heterocycles. The van der Waals surface area contributed by atoms with Crippen LogP contribution in [0.5, 0.6) is 0 Å². The summed E-state index contributed by atoms with van der Waals surface area (Å²) in [5, 5.41) is 2.96. The second-order valence-electron chi connectivity index (χ2n) is 7.58. The van der Waals surface area contributed by atoms with Gasteiger partial charge in [0.2, 0.25) is 0 Å². The largest absolute Gasteiger partial charge is 0.379 e. The zero-order valence-corrected chi connectivity index (χ0v) is 17.2. The van der Waals surface area contributed by atoms with E-state index in [1.54, 1.807) is 18.4 Å². The number of rotatable bonds is 5. The van der Waals surface area contributed by atoms with Crippen molar-refractivity contribution in [1.82, 2.24) is 15.2 Å². The second kappa shape index (κ2) is 8.45. The van der Waals surface area contributed by atoms with Crippen LogP contribution in [0.1, 0.15) is 28.2 Å². The Morgan fingerprint density at radius 3 is 2.82 bits per heavy atom. The number of nitrogens with one attached hydrogen (secondary N) is 1. The molecule has 0 radical (unpaired) electrons. The Labute approximate surface area is 172 Å². The lowest BCUT2D eigenvalue weighted by Gasteiger charge is -2.37. The van der Waals surface area contributed by atoms with Gasteiger partial charge in [0.25, 0.3) is 5.91 Å². The normalized spacial score (nSPS) is 27.5. The van der Waals surface area contributed by atoms with Crippen molar-refractivity contribution in [3.63, 3.8) is 0 Å². The van der Waals surface area contributed by atoms with E-state index in [9.17, 15) is 9.18 Å². The Morgan fingerprint density at radius 2 is 2.14 bits per heavy atom. The van der Waals surface area contributed by atoms with Gasteiger partial charge in [-0.1, -0.05) is 11.6 Å². The predicted molar refractivity (Wildman–Crippen MR) is 107 cm³/mol. The van der Waals surface area contributed by atoms with Gasteiger partial charge in [0.1, 0.15) is 0 Å². The van der Waals surface area contributed by atoms with Crippen molar-refractivity contribution in [1.29, 1.82) is 0 Å². The number of carbonyl (C=O) groups is 1. The molecule has 2 aromatic rings. The molecular formula is C20H23ClFN3O2S. The number of carbonyl (C=O) groups excluding carboxylic acids is 1. The Balaban J connectivity index is 1.40. The van der Waals surface area contributed by atoms with Crippen molar-refractivity contribution >= 4 is 28.8 Å². The average molecular weight is 424 g/mol. The quantitative estimate of drug-likeness (QED) is 0.798. The first-order valence-electron chi connectivity index (χ1n) is 9.44. The zero-order valence-electron chi connectivity index (χ0n) is 15.6. The first-order chi connectivity index (χ1) is 13.5. The predicted octanol–water partition coefficient (Wildman–Crippen LogP) is 3.59. The van der Waals surface area contributed by atoms with E-state index in [-0.39, 0.29) is 17.8 Å². The fourth-order valence-corrected chi connectivity index (χ4v) is 5.63. The van der Waals surface area contributed by atoms with Crippen LogP contribution in [0, 0.1) is 17.7 Å². The summed E-state index contributed by atoms with van der Waals surface area (Å²) in [7, 11) is 1.67. The van der Waals surface area contributed by atoms with Gasteiger partial charge in [-0.05, 0) is 48.9 Å². The number of amides is 1. The number of ether oxygens (including phenoxy) is 1. The highest BCUT2D eigenvalue weighted by molar-refractivity contribution is 7.16. The molecule has 2 fully saturated rings. The maximum Gasteiger partial charge on any atom is 0.273 e. The first kappa shape index (κ1) is 19.8. The molecule has 0 spiro atoms. The maximum absolute atomic E-state index is 13.9. The molecule has 0 unspecified atom stereocenters. The summed E-state index contributed by atoms with van der Waals surface area (Å²) in [5.74, 6) is -0.0585. The van der Waals surface area contributed by atoms with Crippen LogP contribution in [-0.4, -0.2) is 48.1 Å². The monoisotopic (exact) mass is 423 g/mol. The second-order valence-corrected chi connectivity index (χ2v) is 9.38. The van der Waals surface area contributed by atoms with Crippen molar-refractivity contribution in [2.75, 3.05) is 20.2 Å². The molecule has 1 aliphatic carbocycles. The molecule has 5 nitrogen and oxygen atoms in total. The molecule has 150 valence electrons. The summed E-state index contributed by atoms with van der Waals surface area (Å²) in [5.41, 5.74) is -0.165. The fourth-order valence-electron chi connectivity index (χ4n) is 4.50. The van der Waals surface area contributed by atoms with E-state index in [4.69, 9.17) is 16.3 Å². The summed E-state index contributed by atoms with van der Waals surface area (Å²) >= 11 is 7.67. The Bertz CT molecular complexity index is 848. The summed E-state index contributed by atoms with van der Waals surface area (Å²) < 4.78 is 20.4. The molecule has 1 saturated heterocycles. The van der Waals surface area contributed by atoms with Crippen LogP contribution in [0.25, 0.3) is 0 Å². The molecule has 28 heavy (non-hydrogen) atoms. The maximum atomic E-state index is 13.9. The number of thiophene rings is 1. The zero-order chi connectivity index (χ0) is 19.7. The highest BCUT2D eigenvalue weighted by atomic mass is 35.5. The third-order valence-corrected chi connectivity index (χ3v) is 7.01. The topological polar surface area (TPSA) is 54.5 Å². The van der Waals surface area contributed by atoms with E-state index in [2.05, 4.69) is 21.3 Å². The lowest BCUT2D eigenvalue weighted by atomic mass is 9.77. The van der Waals surface area contributed by atoms with Gasteiger partial charge in [0, 0.05) is 37.8 Å². The van der Waals surface area contributed by atoms with Gasteiger partial charge in [-0.2, -0.15) is 0 Å². The number of fused-ring (bicyclic) bond motifs is 1. The van der Waals surface area contributed by atoms with E-state index in [0.29, 0.717) is 11.8 Å². The van der Waals surface area contributed by atoms with Crippen LogP contribution in [0.15, 0.2) is 30.5 Å². The lowest BCUT2D eigenvalue weighted by molar-refractivity contribution is 0.0123. The summed E-state index contributed by atoms with van der Waals surface area (Å²) in [4.78, 5) is 20.1. The molecule has 1 saturated carbocycles. The summed E-state index contributed by atoms with van der Waals surface area (Å²) in [6, 6.07) is 6.60. The molecule has 2 aliphatic rings. The van der Waals surface area contributed by atoms with Crippen LogP contribution in [0.3, 0.4) is 0 Å². The average Bonchev–Trinajstić information content (AvgIpc) is 3.26. The van der Waals surface area contributed by atoms with Crippen LogP contribution in [0.4, 0.5) is 4.39 Å². The third kappa shape index (κ3) is 4.22. The number of likely N-dealkylation sites (tertiary alicyclic amines) is 1. The van der Waals surface area contributed by atoms with Crippen LogP contribution < -0.4 is 5.32 Å². The molecule has 0 aromatic carbocycles. The van der Waals surface area contributed by atoms with E-state index in [1.165, 1.54) is 23.2 Å². The van der Waals surface area contributed by atoms with Crippen molar-refractivity contribution in [2.45, 2.75) is 31.5 Å². The van der Waals surface area contributed by atoms with Gasteiger partial charge >= 0.3 is 0 Å². The molecular weight excluding hydrogens is 401 g/mol. The highest BCUT2D eigenvalue weighted by Crippen LogP contribution is 2.38. The summed E-state index contributed by atoms with van der Waals surface area (Å²) in [6.07, 6.45) is 3.06.